The van der Waals surface area contributed by atoms with Crippen LogP contribution in [0.5, 0.6) is 5.75 Å². The average Bonchev–Trinajstić information content (AvgIpc) is 3.06. The maximum Gasteiger partial charge on any atom is 0.191 e. The average molecular weight is 417 g/mol. The lowest BCUT2D eigenvalue weighted by Gasteiger charge is -2.13. The molecule has 0 fully saturated rings. The molecule has 0 aliphatic heterocycles. The predicted molar refractivity (Wildman–Crippen MR) is 120 cm³/mol. The van der Waals surface area contributed by atoms with Crippen LogP contribution in [0.25, 0.3) is 0 Å². The molecule has 1 aromatic heterocycles. The Morgan fingerprint density at radius 2 is 1.87 bits per heavy atom. The lowest BCUT2D eigenvalue weighted by Crippen LogP contribution is -2.39. The molecule has 2 aromatic rings. The quantitative estimate of drug-likeness (QED) is 0.314. The molecule has 0 aliphatic rings. The third-order valence-electron chi connectivity index (χ3n) is 4.64. The van der Waals surface area contributed by atoms with Gasteiger partial charge in [0.25, 0.3) is 0 Å². The fourth-order valence-corrected chi connectivity index (χ4v) is 2.73. The topological polar surface area (TPSA) is 85.6 Å². The van der Waals surface area contributed by atoms with E-state index in [0.717, 1.165) is 62.5 Å². The second-order valence-corrected chi connectivity index (χ2v) is 7.66. The molecule has 0 bridgehead atoms. The summed E-state index contributed by atoms with van der Waals surface area (Å²) in [5.74, 6) is 3.92. The van der Waals surface area contributed by atoms with Crippen LogP contribution in [0.4, 0.5) is 0 Å². The van der Waals surface area contributed by atoms with Crippen molar-refractivity contribution in [2.75, 3.05) is 33.4 Å². The second-order valence-electron chi connectivity index (χ2n) is 7.66. The number of nitrogens with zero attached hydrogens (tertiary/aromatic N) is 4. The van der Waals surface area contributed by atoms with E-state index < -0.39 is 0 Å². The Labute approximate surface area is 180 Å². The third-order valence-corrected chi connectivity index (χ3v) is 4.64. The van der Waals surface area contributed by atoms with E-state index in [1.54, 1.807) is 7.11 Å². The van der Waals surface area contributed by atoms with Crippen LogP contribution >= 0.6 is 0 Å². The maximum absolute atomic E-state index is 5.65. The highest BCUT2D eigenvalue weighted by molar-refractivity contribution is 5.79. The molecule has 8 nitrogen and oxygen atoms in total. The minimum absolute atomic E-state index is 0.471. The Hall–Kier alpha value is -2.61. The molecule has 0 amide bonds. The van der Waals surface area contributed by atoms with Crippen LogP contribution in [0.2, 0.25) is 0 Å². The van der Waals surface area contributed by atoms with Crippen molar-refractivity contribution in [1.82, 2.24) is 25.4 Å². The summed E-state index contributed by atoms with van der Waals surface area (Å²) >= 11 is 0. The van der Waals surface area contributed by atoms with E-state index in [-0.39, 0.29) is 0 Å². The first-order chi connectivity index (χ1) is 14.5. The van der Waals surface area contributed by atoms with Crippen molar-refractivity contribution < 1.29 is 9.47 Å². The van der Waals surface area contributed by atoms with Gasteiger partial charge in [0.1, 0.15) is 18.1 Å². The van der Waals surface area contributed by atoms with Crippen molar-refractivity contribution in [1.29, 1.82) is 0 Å². The Morgan fingerprint density at radius 1 is 1.13 bits per heavy atom. The highest BCUT2D eigenvalue weighted by atomic mass is 16.5. The number of benzene rings is 1. The van der Waals surface area contributed by atoms with Crippen LogP contribution in [-0.2, 0) is 24.8 Å². The Bertz CT molecular complexity index is 770. The zero-order chi connectivity index (χ0) is 21.8. The Morgan fingerprint density at radius 3 is 2.50 bits per heavy atom. The van der Waals surface area contributed by atoms with Gasteiger partial charge in [0.05, 0.1) is 7.11 Å². The summed E-state index contributed by atoms with van der Waals surface area (Å²) in [5, 5.41) is 15.1. The predicted octanol–water partition coefficient (Wildman–Crippen LogP) is 2.47. The number of aryl methyl sites for hydroxylation is 1. The minimum Gasteiger partial charge on any atom is -0.497 e. The highest BCUT2D eigenvalue weighted by Gasteiger charge is 2.05. The van der Waals surface area contributed by atoms with Crippen LogP contribution in [0.1, 0.15) is 37.5 Å². The Balaban J connectivity index is 1.85. The molecule has 0 spiro atoms. The number of hydrogen-bond acceptors (Lipinski definition) is 5. The van der Waals surface area contributed by atoms with Gasteiger partial charge >= 0.3 is 0 Å². The molecule has 166 valence electrons. The van der Waals surface area contributed by atoms with Gasteiger partial charge in [-0.1, -0.05) is 26.0 Å². The standard InChI is InChI=1S/C22H36N6O2/c1-17(2)16-30-14-6-12-23-22(25-15-21-27-26-18(3)28(21)4)24-13-11-19-7-9-20(29-5)10-8-19/h7-10,17H,6,11-16H2,1-5H3,(H2,23,24,25). The molecule has 2 N–H and O–H groups in total. The molecule has 0 atom stereocenters. The molecule has 0 saturated heterocycles. The fraction of sp³-hybridized carbons (Fsp3) is 0.591. The largest absolute Gasteiger partial charge is 0.497 e. The molecule has 30 heavy (non-hydrogen) atoms. The summed E-state index contributed by atoms with van der Waals surface area (Å²) in [6.07, 6.45) is 1.82. The van der Waals surface area contributed by atoms with E-state index in [1.807, 2.05) is 30.7 Å². The number of methoxy groups -OCH3 is 1. The number of aromatic nitrogens is 3. The molecule has 8 heteroatoms. The number of ether oxygens (including phenoxy) is 2. The molecule has 0 aliphatic carbocycles. The molecule has 1 heterocycles. The van der Waals surface area contributed by atoms with Crippen molar-refractivity contribution in [2.24, 2.45) is 18.0 Å². The monoisotopic (exact) mass is 416 g/mol. The van der Waals surface area contributed by atoms with Gasteiger partial charge in [-0.3, -0.25) is 0 Å². The van der Waals surface area contributed by atoms with E-state index in [1.165, 1.54) is 5.56 Å². The van der Waals surface area contributed by atoms with Crippen molar-refractivity contribution in [2.45, 2.75) is 40.2 Å². The van der Waals surface area contributed by atoms with Gasteiger partial charge in [0.2, 0.25) is 0 Å². The number of rotatable bonds is 12. The highest BCUT2D eigenvalue weighted by Crippen LogP contribution is 2.11. The lowest BCUT2D eigenvalue weighted by molar-refractivity contribution is 0.108. The first-order valence-electron chi connectivity index (χ1n) is 10.6. The number of guanidine groups is 1. The molecule has 0 unspecified atom stereocenters. The SMILES string of the molecule is COc1ccc(CCNC(=NCc2nnc(C)n2C)NCCCOCC(C)C)cc1. The van der Waals surface area contributed by atoms with E-state index >= 15 is 0 Å². The van der Waals surface area contributed by atoms with Gasteiger partial charge in [-0.15, -0.1) is 10.2 Å². The molecular weight excluding hydrogens is 380 g/mol. The van der Waals surface area contributed by atoms with Crippen LogP contribution < -0.4 is 15.4 Å². The van der Waals surface area contributed by atoms with E-state index in [4.69, 9.17) is 9.47 Å². The second kappa shape index (κ2) is 12.8. The van der Waals surface area contributed by atoms with Crippen LogP contribution in [0.3, 0.4) is 0 Å². The number of nitrogens with one attached hydrogen (secondary N) is 2. The zero-order valence-corrected chi connectivity index (χ0v) is 18.9. The van der Waals surface area contributed by atoms with Gasteiger partial charge in [-0.25, -0.2) is 4.99 Å². The zero-order valence-electron chi connectivity index (χ0n) is 18.9. The van der Waals surface area contributed by atoms with Crippen molar-refractivity contribution in [3.63, 3.8) is 0 Å². The van der Waals surface area contributed by atoms with Crippen molar-refractivity contribution in [3.05, 3.63) is 41.5 Å². The summed E-state index contributed by atoms with van der Waals surface area (Å²) in [6, 6.07) is 8.13. The van der Waals surface area contributed by atoms with Crippen LogP contribution in [0.15, 0.2) is 29.3 Å². The van der Waals surface area contributed by atoms with Gasteiger partial charge in [-0.05, 0) is 43.4 Å². The van der Waals surface area contributed by atoms with Gasteiger partial charge < -0.3 is 24.7 Å². The van der Waals surface area contributed by atoms with Crippen molar-refractivity contribution >= 4 is 5.96 Å². The van der Waals surface area contributed by atoms with Gasteiger partial charge in [-0.2, -0.15) is 0 Å². The lowest BCUT2D eigenvalue weighted by atomic mass is 10.1. The molecule has 0 radical (unpaired) electrons. The normalized spacial score (nSPS) is 11.7. The fourth-order valence-electron chi connectivity index (χ4n) is 2.73. The van der Waals surface area contributed by atoms with E-state index in [0.29, 0.717) is 12.5 Å². The van der Waals surface area contributed by atoms with Crippen LogP contribution in [0, 0.1) is 12.8 Å². The van der Waals surface area contributed by atoms with Crippen molar-refractivity contribution in [3.8, 4) is 5.75 Å². The van der Waals surface area contributed by atoms with Crippen LogP contribution in [-0.4, -0.2) is 54.1 Å². The molecule has 1 aromatic carbocycles. The molecule has 0 saturated carbocycles. The maximum atomic E-state index is 5.65. The first kappa shape index (κ1) is 23.7. The number of aliphatic imine (C=N–C) groups is 1. The summed E-state index contributed by atoms with van der Waals surface area (Å²) in [5.41, 5.74) is 1.24. The molecular formula is C22H36N6O2. The Kier molecular flexibility index (Phi) is 10.1. The first-order valence-corrected chi connectivity index (χ1v) is 10.6. The summed E-state index contributed by atoms with van der Waals surface area (Å²) in [4.78, 5) is 4.68. The summed E-state index contributed by atoms with van der Waals surface area (Å²) < 4.78 is 12.8. The molecule has 2 rings (SSSR count). The third kappa shape index (κ3) is 8.41. The minimum atomic E-state index is 0.471. The smallest absolute Gasteiger partial charge is 0.191 e. The summed E-state index contributed by atoms with van der Waals surface area (Å²) in [7, 11) is 3.63. The summed E-state index contributed by atoms with van der Waals surface area (Å²) in [6.45, 7) is 9.83. The van der Waals surface area contributed by atoms with Gasteiger partial charge in [0, 0.05) is 33.4 Å². The van der Waals surface area contributed by atoms with E-state index in [2.05, 4.69) is 51.8 Å². The van der Waals surface area contributed by atoms with Gasteiger partial charge in [0.15, 0.2) is 11.8 Å². The van der Waals surface area contributed by atoms with E-state index in [9.17, 15) is 0 Å². The number of hydrogen-bond donors (Lipinski definition) is 2.